The van der Waals surface area contributed by atoms with Crippen molar-refractivity contribution >= 4 is 18.0 Å². The van der Waals surface area contributed by atoms with E-state index < -0.39 is 11.7 Å². The van der Waals surface area contributed by atoms with Crippen molar-refractivity contribution in [3.05, 3.63) is 10.6 Å². The standard InChI is InChI=1S/C20H33N7O6/c28-17(29)2-1-3-23-4-6-25(7-5-23)14-16-15-27(20(31)32-16)13-10-24-8-11-26(12-9-24)18-21-19(30)33-22-18/h16H,1-15H2,(H,28,29)(H,21,22,30). The first-order valence-corrected chi connectivity index (χ1v) is 11.6. The lowest BCUT2D eigenvalue weighted by Crippen LogP contribution is -2.49. The number of carboxylic acid groups (broad SMARTS) is 1. The summed E-state index contributed by atoms with van der Waals surface area (Å²) in [6.45, 7) is 10.3. The molecule has 3 fully saturated rings. The van der Waals surface area contributed by atoms with Crippen LogP contribution in [0.4, 0.5) is 10.7 Å². The largest absolute Gasteiger partial charge is 0.481 e. The van der Waals surface area contributed by atoms with Gasteiger partial charge in [-0.1, -0.05) is 0 Å². The van der Waals surface area contributed by atoms with Gasteiger partial charge in [0.15, 0.2) is 0 Å². The third-order valence-electron chi connectivity index (χ3n) is 6.53. The van der Waals surface area contributed by atoms with Crippen molar-refractivity contribution in [2.45, 2.75) is 18.9 Å². The first kappa shape index (κ1) is 23.5. The molecule has 13 nitrogen and oxygen atoms in total. The van der Waals surface area contributed by atoms with E-state index in [1.807, 2.05) is 4.90 Å². The second kappa shape index (κ2) is 11.0. The molecule has 3 saturated heterocycles. The first-order chi connectivity index (χ1) is 16.0. The van der Waals surface area contributed by atoms with Crippen LogP contribution < -0.4 is 10.7 Å². The van der Waals surface area contributed by atoms with Crippen LogP contribution in [0.15, 0.2) is 9.32 Å². The zero-order valence-corrected chi connectivity index (χ0v) is 18.9. The number of aliphatic carboxylic acids is 1. The number of nitrogens with zero attached hydrogens (tertiary/aromatic N) is 6. The second-order valence-corrected chi connectivity index (χ2v) is 8.84. The fourth-order valence-corrected chi connectivity index (χ4v) is 4.59. The number of aromatic nitrogens is 2. The topological polar surface area (TPSA) is 139 Å². The lowest BCUT2D eigenvalue weighted by atomic mass is 10.2. The van der Waals surface area contributed by atoms with Crippen LogP contribution in [0.25, 0.3) is 0 Å². The summed E-state index contributed by atoms with van der Waals surface area (Å²) in [4.78, 5) is 47.3. The van der Waals surface area contributed by atoms with Crippen LogP contribution in [-0.2, 0) is 9.53 Å². The zero-order chi connectivity index (χ0) is 23.2. The molecule has 4 rings (SSSR count). The Hall–Kier alpha value is -2.64. The molecule has 0 radical (unpaired) electrons. The summed E-state index contributed by atoms with van der Waals surface area (Å²) in [6.07, 6.45) is 0.536. The van der Waals surface area contributed by atoms with Crippen molar-refractivity contribution in [2.75, 3.05) is 90.0 Å². The van der Waals surface area contributed by atoms with E-state index in [1.54, 1.807) is 4.90 Å². The SMILES string of the molecule is O=C(O)CCCN1CCN(CC2CN(CCN3CCN(c4noc(=O)[nH]4)CC3)C(=O)O2)CC1. The Morgan fingerprint density at radius 1 is 0.970 bits per heavy atom. The van der Waals surface area contributed by atoms with Crippen LogP contribution >= 0.6 is 0 Å². The second-order valence-electron chi connectivity index (χ2n) is 8.84. The monoisotopic (exact) mass is 467 g/mol. The van der Waals surface area contributed by atoms with Crippen LogP contribution in [0.3, 0.4) is 0 Å². The Morgan fingerprint density at radius 3 is 2.30 bits per heavy atom. The number of amides is 1. The molecular weight excluding hydrogens is 434 g/mol. The molecule has 1 unspecified atom stereocenters. The first-order valence-electron chi connectivity index (χ1n) is 11.6. The minimum absolute atomic E-state index is 0.114. The van der Waals surface area contributed by atoms with Gasteiger partial charge in [-0.3, -0.25) is 24.1 Å². The highest BCUT2D eigenvalue weighted by Gasteiger charge is 2.33. The van der Waals surface area contributed by atoms with Gasteiger partial charge in [-0.05, 0) is 18.1 Å². The average Bonchev–Trinajstić information content (AvgIpc) is 3.38. The number of nitrogens with one attached hydrogen (secondary N) is 1. The molecule has 0 aromatic carbocycles. The Kier molecular flexibility index (Phi) is 7.83. The van der Waals surface area contributed by atoms with E-state index in [0.717, 1.165) is 72.0 Å². The van der Waals surface area contributed by atoms with Gasteiger partial charge in [0, 0.05) is 78.4 Å². The summed E-state index contributed by atoms with van der Waals surface area (Å²) >= 11 is 0. The quantitative estimate of drug-likeness (QED) is 0.428. The maximum atomic E-state index is 12.3. The van der Waals surface area contributed by atoms with Gasteiger partial charge < -0.3 is 24.5 Å². The van der Waals surface area contributed by atoms with Crippen molar-refractivity contribution in [2.24, 2.45) is 0 Å². The normalized spacial score (nSPS) is 23.3. The van der Waals surface area contributed by atoms with Gasteiger partial charge >= 0.3 is 17.8 Å². The van der Waals surface area contributed by atoms with Gasteiger partial charge in [-0.15, -0.1) is 0 Å². The number of piperazine rings is 2. The number of ether oxygens (including phenoxy) is 1. The van der Waals surface area contributed by atoms with E-state index in [-0.39, 0.29) is 18.6 Å². The summed E-state index contributed by atoms with van der Waals surface area (Å²) in [5, 5.41) is 12.5. The molecule has 33 heavy (non-hydrogen) atoms. The summed E-state index contributed by atoms with van der Waals surface area (Å²) in [5.41, 5.74) is 0. The maximum Gasteiger partial charge on any atom is 0.440 e. The van der Waals surface area contributed by atoms with Crippen molar-refractivity contribution in [3.8, 4) is 0 Å². The number of cyclic esters (lactones) is 1. The molecule has 4 heterocycles. The van der Waals surface area contributed by atoms with Crippen LogP contribution in [-0.4, -0.2) is 138 Å². The summed E-state index contributed by atoms with van der Waals surface area (Å²) in [7, 11) is 0. The predicted molar refractivity (Wildman–Crippen MR) is 117 cm³/mol. The van der Waals surface area contributed by atoms with Crippen molar-refractivity contribution in [3.63, 3.8) is 0 Å². The van der Waals surface area contributed by atoms with Crippen LogP contribution in [0.5, 0.6) is 0 Å². The van der Waals surface area contributed by atoms with Crippen molar-refractivity contribution < 1.29 is 24.0 Å². The molecule has 13 heteroatoms. The van der Waals surface area contributed by atoms with Gasteiger partial charge in [0.2, 0.25) is 5.95 Å². The average molecular weight is 468 g/mol. The summed E-state index contributed by atoms with van der Waals surface area (Å²) in [6, 6.07) is 0. The lowest BCUT2D eigenvalue weighted by molar-refractivity contribution is -0.137. The lowest BCUT2D eigenvalue weighted by Gasteiger charge is -2.35. The Balaban J connectivity index is 1.11. The minimum atomic E-state index is -0.743. The Labute approximate surface area is 191 Å². The third-order valence-corrected chi connectivity index (χ3v) is 6.53. The number of hydrogen-bond donors (Lipinski definition) is 2. The van der Waals surface area contributed by atoms with Crippen LogP contribution in [0, 0.1) is 0 Å². The highest BCUT2D eigenvalue weighted by molar-refractivity contribution is 5.69. The summed E-state index contributed by atoms with van der Waals surface area (Å²) < 4.78 is 10.2. The minimum Gasteiger partial charge on any atom is -0.481 e. The Morgan fingerprint density at radius 2 is 1.64 bits per heavy atom. The molecule has 3 aliphatic heterocycles. The molecule has 1 atom stereocenters. The molecule has 1 amide bonds. The number of carbonyl (C=O) groups excluding carboxylic acids is 1. The molecule has 0 aliphatic carbocycles. The number of aromatic amines is 1. The van der Waals surface area contributed by atoms with E-state index in [2.05, 4.69) is 29.4 Å². The van der Waals surface area contributed by atoms with Crippen LogP contribution in [0.2, 0.25) is 0 Å². The number of carbonyl (C=O) groups is 2. The molecule has 0 bridgehead atoms. The Bertz CT molecular complexity index is 844. The molecule has 3 aliphatic rings. The highest BCUT2D eigenvalue weighted by atomic mass is 16.6. The van der Waals surface area contributed by atoms with E-state index in [0.29, 0.717) is 25.5 Å². The third kappa shape index (κ3) is 6.68. The number of anilines is 1. The van der Waals surface area contributed by atoms with E-state index in [1.165, 1.54) is 0 Å². The van der Waals surface area contributed by atoms with Gasteiger partial charge in [-0.2, -0.15) is 0 Å². The van der Waals surface area contributed by atoms with Crippen LogP contribution in [0.1, 0.15) is 12.8 Å². The maximum absolute atomic E-state index is 12.3. The molecule has 0 spiro atoms. The smallest absolute Gasteiger partial charge is 0.440 e. The fourth-order valence-electron chi connectivity index (χ4n) is 4.59. The van der Waals surface area contributed by atoms with E-state index >= 15 is 0 Å². The van der Waals surface area contributed by atoms with E-state index in [9.17, 15) is 14.4 Å². The van der Waals surface area contributed by atoms with Gasteiger partial charge in [0.1, 0.15) is 6.10 Å². The molecule has 1 aromatic heterocycles. The number of hydrogen-bond acceptors (Lipinski definition) is 10. The van der Waals surface area contributed by atoms with Gasteiger partial charge in [-0.25, -0.2) is 9.59 Å². The number of carboxylic acids is 1. The molecule has 2 N–H and O–H groups in total. The molecule has 184 valence electrons. The molecular formula is C20H33N7O6. The molecule has 1 aromatic rings. The highest BCUT2D eigenvalue weighted by Crippen LogP contribution is 2.15. The van der Waals surface area contributed by atoms with Gasteiger partial charge in [0.25, 0.3) is 0 Å². The van der Waals surface area contributed by atoms with Crippen molar-refractivity contribution in [1.82, 2.24) is 29.7 Å². The number of rotatable bonds is 10. The molecule has 0 saturated carbocycles. The van der Waals surface area contributed by atoms with Gasteiger partial charge in [0.05, 0.1) is 6.54 Å². The van der Waals surface area contributed by atoms with Crippen molar-refractivity contribution in [1.29, 1.82) is 0 Å². The zero-order valence-electron chi connectivity index (χ0n) is 18.9. The number of H-pyrrole nitrogens is 1. The summed E-state index contributed by atoms with van der Waals surface area (Å²) in [5.74, 6) is -0.827. The van der Waals surface area contributed by atoms with E-state index in [4.69, 9.17) is 9.84 Å². The fraction of sp³-hybridized carbons (Fsp3) is 0.800. The predicted octanol–water partition coefficient (Wildman–Crippen LogP) is -1.21.